The molecule has 0 aliphatic carbocycles. The first-order valence-corrected chi connectivity index (χ1v) is 4.67. The second-order valence-corrected chi connectivity index (χ2v) is 3.66. The Balaban J connectivity index is 2.20. The predicted octanol–water partition coefficient (Wildman–Crippen LogP) is 1.48. The van der Waals surface area contributed by atoms with Crippen molar-refractivity contribution in [2.75, 3.05) is 5.32 Å². The fraction of sp³-hybridized carbons (Fsp3) is 0.300. The van der Waals surface area contributed by atoms with Crippen LogP contribution in [-0.2, 0) is 22.7 Å². The lowest BCUT2D eigenvalue weighted by molar-refractivity contribution is -0.116. The highest BCUT2D eigenvalue weighted by Gasteiger charge is 2.35. The summed E-state index contributed by atoms with van der Waals surface area (Å²) in [6, 6.07) is 2.76. The van der Waals surface area contributed by atoms with Crippen molar-refractivity contribution < 1.29 is 9.53 Å². The summed E-state index contributed by atoms with van der Waals surface area (Å²) in [6.45, 7) is 1.06. The van der Waals surface area contributed by atoms with Crippen molar-refractivity contribution in [2.45, 2.75) is 19.3 Å². The fourth-order valence-corrected chi connectivity index (χ4v) is 2.09. The number of nitrogens with one attached hydrogen (secondary N) is 1. The zero-order valence-electron chi connectivity index (χ0n) is 7.82. The Bertz CT molecular complexity index is 470. The number of amides is 1. The van der Waals surface area contributed by atoms with Crippen LogP contribution in [-0.4, -0.2) is 5.91 Å². The molecule has 5 heteroatoms. The highest BCUT2D eigenvalue weighted by molar-refractivity contribution is 6.03. The minimum absolute atomic E-state index is 0.347. The third kappa shape index (κ3) is 1.04. The number of carbonyl (C=O) groups excluding carboxylic acids is 1. The Labute approximate surface area is 85.4 Å². The van der Waals surface area contributed by atoms with Gasteiger partial charge in [-0.05, 0) is 5.56 Å². The van der Waals surface area contributed by atoms with Crippen LogP contribution < -0.4 is 5.32 Å². The van der Waals surface area contributed by atoms with Crippen LogP contribution in [0.4, 0.5) is 5.69 Å². The molecule has 0 fully saturated rings. The number of ether oxygens (including phenoxy) is 1. The Morgan fingerprint density at radius 3 is 3.07 bits per heavy atom. The van der Waals surface area contributed by atoms with E-state index in [4.69, 9.17) is 4.74 Å². The van der Waals surface area contributed by atoms with Gasteiger partial charge in [-0.2, -0.15) is 0 Å². The summed E-state index contributed by atoms with van der Waals surface area (Å²) in [4.78, 5) is 22.0. The Hall–Kier alpha value is -1.75. The summed E-state index contributed by atoms with van der Waals surface area (Å²) < 4.78 is 5.28. The van der Waals surface area contributed by atoms with Crippen LogP contribution in [0.15, 0.2) is 17.3 Å². The van der Waals surface area contributed by atoms with E-state index in [1.807, 2.05) is 6.07 Å². The van der Waals surface area contributed by atoms with Crippen LogP contribution >= 0.6 is 0 Å². The number of nitrogens with zero attached hydrogens (tertiary/aromatic N) is 1. The van der Waals surface area contributed by atoms with E-state index in [-0.39, 0.29) is 5.91 Å². The lowest BCUT2D eigenvalue weighted by Gasteiger charge is -2.04. The molecule has 3 rings (SSSR count). The van der Waals surface area contributed by atoms with E-state index in [1.54, 1.807) is 6.07 Å². The first kappa shape index (κ1) is 8.55. The summed E-state index contributed by atoms with van der Waals surface area (Å²) in [5, 5.41) is 5.52. The molecule has 5 nitrogen and oxygen atoms in total. The first-order valence-electron chi connectivity index (χ1n) is 4.67. The molecular weight excluding hydrogens is 196 g/mol. The number of hydrogen-bond acceptors (Lipinski definition) is 4. The van der Waals surface area contributed by atoms with Gasteiger partial charge in [-0.25, -0.2) is 0 Å². The second kappa shape index (κ2) is 2.87. The maximum Gasteiger partial charge on any atom is 0.257 e. The van der Waals surface area contributed by atoms with E-state index in [0.29, 0.717) is 18.8 Å². The van der Waals surface area contributed by atoms with Crippen LogP contribution in [0.1, 0.15) is 22.7 Å². The van der Waals surface area contributed by atoms with E-state index in [1.165, 1.54) is 0 Å². The summed E-state index contributed by atoms with van der Waals surface area (Å²) in [5.74, 6) is -0.347. The van der Waals surface area contributed by atoms with Gasteiger partial charge in [0, 0.05) is 11.1 Å². The summed E-state index contributed by atoms with van der Waals surface area (Å²) in [7, 11) is 0. The highest BCUT2D eigenvalue weighted by atomic mass is 16.5. The van der Waals surface area contributed by atoms with Gasteiger partial charge < -0.3 is 10.1 Å². The van der Waals surface area contributed by atoms with Crippen molar-refractivity contribution in [3.63, 3.8) is 0 Å². The molecule has 2 aliphatic rings. The second-order valence-electron chi connectivity index (χ2n) is 3.66. The van der Waals surface area contributed by atoms with Crippen LogP contribution in [0, 0.1) is 4.91 Å². The standard InChI is InChI=1S/C10H8N2O3/c13-10-9(12-14)6-2-1-5-3-15-4-7(5)8(6)11-10/h1-2,9H,3-4H2,(H,11,13). The van der Waals surface area contributed by atoms with Gasteiger partial charge in [-0.15, -0.1) is 4.91 Å². The molecule has 1 aromatic carbocycles. The van der Waals surface area contributed by atoms with Gasteiger partial charge in [0.25, 0.3) is 5.91 Å². The third-order valence-corrected chi connectivity index (χ3v) is 2.84. The predicted molar refractivity (Wildman–Crippen MR) is 52.1 cm³/mol. The fourth-order valence-electron chi connectivity index (χ4n) is 2.09. The Kier molecular flexibility index (Phi) is 1.63. The van der Waals surface area contributed by atoms with E-state index >= 15 is 0 Å². The smallest absolute Gasteiger partial charge is 0.257 e. The molecule has 0 bridgehead atoms. The number of fused-ring (bicyclic) bond motifs is 3. The number of benzene rings is 1. The molecule has 0 spiro atoms. The van der Waals surface area contributed by atoms with Crippen LogP contribution in [0.2, 0.25) is 0 Å². The molecule has 1 unspecified atom stereocenters. The number of nitroso groups, excluding NO2 is 1. The van der Waals surface area contributed by atoms with Gasteiger partial charge in [-0.1, -0.05) is 17.3 Å². The van der Waals surface area contributed by atoms with Crippen molar-refractivity contribution in [1.29, 1.82) is 0 Å². The van der Waals surface area contributed by atoms with E-state index < -0.39 is 6.04 Å². The monoisotopic (exact) mass is 204 g/mol. The van der Waals surface area contributed by atoms with Crippen molar-refractivity contribution in [3.05, 3.63) is 33.7 Å². The molecular formula is C10H8N2O3. The SMILES string of the molecule is O=NC1C(=O)Nc2c1ccc1c2COC1. The average molecular weight is 204 g/mol. The minimum atomic E-state index is -0.897. The maximum absolute atomic E-state index is 11.4. The molecule has 0 saturated carbocycles. The quantitative estimate of drug-likeness (QED) is 0.704. The number of rotatable bonds is 1. The molecule has 0 aromatic heterocycles. The zero-order chi connectivity index (χ0) is 10.4. The van der Waals surface area contributed by atoms with Crippen LogP contribution in [0.25, 0.3) is 0 Å². The number of anilines is 1. The Morgan fingerprint density at radius 2 is 2.27 bits per heavy atom. The Morgan fingerprint density at radius 1 is 1.40 bits per heavy atom. The highest BCUT2D eigenvalue weighted by Crippen LogP contribution is 2.39. The minimum Gasteiger partial charge on any atom is -0.372 e. The van der Waals surface area contributed by atoms with Gasteiger partial charge >= 0.3 is 0 Å². The lowest BCUT2D eigenvalue weighted by atomic mass is 10.0. The van der Waals surface area contributed by atoms with Gasteiger partial charge in [-0.3, -0.25) is 4.79 Å². The molecule has 1 amide bonds. The topological polar surface area (TPSA) is 67.8 Å². The summed E-state index contributed by atoms with van der Waals surface area (Å²) >= 11 is 0. The molecule has 2 heterocycles. The number of carbonyl (C=O) groups is 1. The molecule has 1 atom stereocenters. The molecule has 1 aromatic rings. The van der Waals surface area contributed by atoms with Gasteiger partial charge in [0.15, 0.2) is 6.04 Å². The van der Waals surface area contributed by atoms with Gasteiger partial charge in [0.2, 0.25) is 0 Å². The van der Waals surface area contributed by atoms with Gasteiger partial charge in [0.1, 0.15) is 0 Å². The first-order chi connectivity index (χ1) is 7.31. The van der Waals surface area contributed by atoms with E-state index in [2.05, 4.69) is 10.5 Å². The summed E-state index contributed by atoms with van der Waals surface area (Å²) in [6.07, 6.45) is 0. The van der Waals surface area contributed by atoms with E-state index in [9.17, 15) is 9.70 Å². The molecule has 15 heavy (non-hydrogen) atoms. The average Bonchev–Trinajstić information content (AvgIpc) is 2.79. The molecule has 1 N–H and O–H groups in total. The summed E-state index contributed by atoms with van der Waals surface area (Å²) in [5.41, 5.74) is 3.44. The zero-order valence-corrected chi connectivity index (χ0v) is 7.82. The normalized spacial score (nSPS) is 22.1. The van der Waals surface area contributed by atoms with E-state index in [0.717, 1.165) is 16.8 Å². The number of hydrogen-bond donors (Lipinski definition) is 1. The molecule has 0 radical (unpaired) electrons. The maximum atomic E-state index is 11.4. The van der Waals surface area contributed by atoms with Crippen molar-refractivity contribution in [3.8, 4) is 0 Å². The third-order valence-electron chi connectivity index (χ3n) is 2.84. The van der Waals surface area contributed by atoms with Crippen LogP contribution in [0.5, 0.6) is 0 Å². The van der Waals surface area contributed by atoms with Crippen LogP contribution in [0.3, 0.4) is 0 Å². The lowest BCUT2D eigenvalue weighted by Crippen LogP contribution is -2.09. The van der Waals surface area contributed by atoms with Crippen molar-refractivity contribution in [2.24, 2.45) is 5.18 Å². The molecule has 2 aliphatic heterocycles. The largest absolute Gasteiger partial charge is 0.372 e. The van der Waals surface area contributed by atoms with Crippen molar-refractivity contribution in [1.82, 2.24) is 0 Å². The molecule has 76 valence electrons. The van der Waals surface area contributed by atoms with Gasteiger partial charge in [0.05, 0.1) is 18.9 Å². The molecule has 0 saturated heterocycles. The van der Waals surface area contributed by atoms with Crippen molar-refractivity contribution >= 4 is 11.6 Å².